The number of halogens is 2. The number of nitrogens with zero attached hydrogens (tertiary/aromatic N) is 1. The van der Waals surface area contributed by atoms with E-state index in [1.807, 2.05) is 11.9 Å². The summed E-state index contributed by atoms with van der Waals surface area (Å²) in [4.78, 5) is 13.8. The topological polar surface area (TPSA) is 50.8 Å². The molecule has 1 heterocycles. The lowest BCUT2D eigenvalue weighted by molar-refractivity contribution is -0.117. The van der Waals surface area contributed by atoms with Crippen molar-refractivity contribution in [3.05, 3.63) is 28.2 Å². The number of rotatable bonds is 6. The Morgan fingerprint density at radius 2 is 2.05 bits per heavy atom. The van der Waals surface area contributed by atoms with Gasteiger partial charge in [0.25, 0.3) is 0 Å². The highest BCUT2D eigenvalue weighted by Gasteiger charge is 2.17. The maximum absolute atomic E-state index is 11.9. The third-order valence-electron chi connectivity index (χ3n) is 3.05. The molecule has 1 aliphatic heterocycles. The predicted molar refractivity (Wildman–Crippen MR) is 82.9 cm³/mol. The molecule has 1 N–H and O–H groups in total. The zero-order valence-electron chi connectivity index (χ0n) is 11.8. The highest BCUT2D eigenvalue weighted by molar-refractivity contribution is 6.42. The SMILES string of the molecule is CN(CCC1OCCO1)CC(=O)Nc1ccc(Cl)c(Cl)c1. The fourth-order valence-electron chi connectivity index (χ4n) is 2.00. The Balaban J connectivity index is 1.73. The van der Waals surface area contributed by atoms with E-state index in [1.165, 1.54) is 0 Å². The quantitative estimate of drug-likeness (QED) is 0.870. The van der Waals surface area contributed by atoms with Crippen molar-refractivity contribution in [1.29, 1.82) is 0 Å². The van der Waals surface area contributed by atoms with Crippen LogP contribution in [0, 0.1) is 0 Å². The van der Waals surface area contributed by atoms with Crippen LogP contribution in [0.25, 0.3) is 0 Å². The first-order valence-electron chi connectivity index (χ1n) is 6.71. The molecule has 0 spiro atoms. The number of hydrogen-bond acceptors (Lipinski definition) is 4. The highest BCUT2D eigenvalue weighted by atomic mass is 35.5. The summed E-state index contributed by atoms with van der Waals surface area (Å²) in [6.07, 6.45) is 0.599. The summed E-state index contributed by atoms with van der Waals surface area (Å²) in [7, 11) is 1.88. The molecule has 0 atom stereocenters. The fourth-order valence-corrected chi connectivity index (χ4v) is 2.30. The van der Waals surface area contributed by atoms with E-state index in [1.54, 1.807) is 18.2 Å². The number of carbonyl (C=O) groups excluding carboxylic acids is 1. The first-order valence-corrected chi connectivity index (χ1v) is 7.47. The van der Waals surface area contributed by atoms with Crippen molar-refractivity contribution in [3.8, 4) is 0 Å². The van der Waals surface area contributed by atoms with Gasteiger partial charge in [-0.15, -0.1) is 0 Å². The summed E-state index contributed by atoms with van der Waals surface area (Å²) in [5, 5.41) is 3.66. The monoisotopic (exact) mass is 332 g/mol. The van der Waals surface area contributed by atoms with Crippen molar-refractivity contribution >= 4 is 34.8 Å². The number of likely N-dealkylation sites (N-methyl/N-ethyl adjacent to an activating group) is 1. The number of amides is 1. The molecular weight excluding hydrogens is 315 g/mol. The second kappa shape index (κ2) is 7.96. The van der Waals surface area contributed by atoms with Gasteiger partial charge in [0.15, 0.2) is 6.29 Å². The molecule has 1 fully saturated rings. The molecule has 0 radical (unpaired) electrons. The van der Waals surface area contributed by atoms with Gasteiger partial charge >= 0.3 is 0 Å². The lowest BCUT2D eigenvalue weighted by Crippen LogP contribution is -2.32. The Bertz CT molecular complexity index is 493. The van der Waals surface area contributed by atoms with Gasteiger partial charge in [0.1, 0.15) is 0 Å². The lowest BCUT2D eigenvalue weighted by atomic mass is 10.3. The van der Waals surface area contributed by atoms with Gasteiger partial charge in [0, 0.05) is 18.7 Å². The van der Waals surface area contributed by atoms with E-state index in [-0.39, 0.29) is 18.7 Å². The second-order valence-electron chi connectivity index (χ2n) is 4.87. The molecule has 21 heavy (non-hydrogen) atoms. The first-order chi connectivity index (χ1) is 10.0. The highest BCUT2D eigenvalue weighted by Crippen LogP contribution is 2.24. The van der Waals surface area contributed by atoms with Gasteiger partial charge in [-0.2, -0.15) is 0 Å². The van der Waals surface area contributed by atoms with Crippen LogP contribution in [0.2, 0.25) is 10.0 Å². The third-order valence-corrected chi connectivity index (χ3v) is 3.79. The maximum Gasteiger partial charge on any atom is 0.238 e. The number of benzene rings is 1. The Morgan fingerprint density at radius 1 is 1.33 bits per heavy atom. The summed E-state index contributed by atoms with van der Waals surface area (Å²) >= 11 is 11.7. The van der Waals surface area contributed by atoms with E-state index in [9.17, 15) is 4.79 Å². The van der Waals surface area contributed by atoms with E-state index in [4.69, 9.17) is 32.7 Å². The van der Waals surface area contributed by atoms with E-state index < -0.39 is 0 Å². The van der Waals surface area contributed by atoms with Gasteiger partial charge in [-0.1, -0.05) is 23.2 Å². The Hall–Kier alpha value is -0.850. The van der Waals surface area contributed by atoms with Gasteiger partial charge in [-0.3, -0.25) is 9.69 Å². The largest absolute Gasteiger partial charge is 0.350 e. The van der Waals surface area contributed by atoms with E-state index in [0.717, 1.165) is 13.0 Å². The van der Waals surface area contributed by atoms with E-state index in [0.29, 0.717) is 28.9 Å². The molecule has 116 valence electrons. The number of hydrogen-bond donors (Lipinski definition) is 1. The van der Waals surface area contributed by atoms with Crippen LogP contribution in [0.15, 0.2) is 18.2 Å². The van der Waals surface area contributed by atoms with Crippen LogP contribution >= 0.6 is 23.2 Å². The van der Waals surface area contributed by atoms with Gasteiger partial charge in [-0.25, -0.2) is 0 Å². The molecular formula is C14H18Cl2N2O3. The van der Waals surface area contributed by atoms with Crippen molar-refractivity contribution in [2.45, 2.75) is 12.7 Å². The second-order valence-corrected chi connectivity index (χ2v) is 5.69. The zero-order valence-corrected chi connectivity index (χ0v) is 13.3. The predicted octanol–water partition coefficient (Wildman–Crippen LogP) is 2.63. The maximum atomic E-state index is 11.9. The Morgan fingerprint density at radius 3 is 2.71 bits per heavy atom. The number of nitrogens with one attached hydrogen (secondary N) is 1. The minimum Gasteiger partial charge on any atom is -0.350 e. The molecule has 2 rings (SSSR count). The normalized spacial score (nSPS) is 15.6. The average molecular weight is 333 g/mol. The van der Waals surface area contributed by atoms with Crippen LogP contribution in [0.5, 0.6) is 0 Å². The minimum absolute atomic E-state index is 0.107. The van der Waals surface area contributed by atoms with Crippen molar-refractivity contribution in [2.24, 2.45) is 0 Å². The Kier molecular flexibility index (Phi) is 6.26. The van der Waals surface area contributed by atoms with Crippen molar-refractivity contribution in [1.82, 2.24) is 4.90 Å². The van der Waals surface area contributed by atoms with Gasteiger partial charge in [-0.05, 0) is 25.2 Å². The molecule has 0 aromatic heterocycles. The van der Waals surface area contributed by atoms with Crippen LogP contribution in [0.4, 0.5) is 5.69 Å². The minimum atomic E-state index is -0.148. The summed E-state index contributed by atoms with van der Waals surface area (Å²) in [5.41, 5.74) is 0.630. The van der Waals surface area contributed by atoms with Gasteiger partial charge < -0.3 is 14.8 Å². The summed E-state index contributed by atoms with van der Waals surface area (Å²) < 4.78 is 10.7. The van der Waals surface area contributed by atoms with Gasteiger partial charge in [0.2, 0.25) is 5.91 Å². The molecule has 1 amide bonds. The molecule has 7 heteroatoms. The number of ether oxygens (including phenoxy) is 2. The van der Waals surface area contributed by atoms with Crippen molar-refractivity contribution in [2.75, 3.05) is 38.7 Å². The summed E-state index contributed by atoms with van der Waals surface area (Å²) in [5.74, 6) is -0.107. The molecule has 1 saturated heterocycles. The smallest absolute Gasteiger partial charge is 0.238 e. The molecule has 1 aromatic rings. The van der Waals surface area contributed by atoms with Crippen molar-refractivity contribution in [3.63, 3.8) is 0 Å². The number of anilines is 1. The third kappa shape index (κ3) is 5.45. The van der Waals surface area contributed by atoms with Crippen LogP contribution in [-0.4, -0.2) is 50.4 Å². The molecule has 0 aliphatic carbocycles. The molecule has 0 bridgehead atoms. The van der Waals surface area contributed by atoms with Crippen LogP contribution < -0.4 is 5.32 Å². The van der Waals surface area contributed by atoms with E-state index in [2.05, 4.69) is 5.32 Å². The lowest BCUT2D eigenvalue weighted by Gasteiger charge is -2.18. The standard InChI is InChI=1S/C14H18Cl2N2O3/c1-18(5-4-14-20-6-7-21-14)9-13(19)17-10-2-3-11(15)12(16)8-10/h2-3,8,14H,4-7,9H2,1H3,(H,17,19). The van der Waals surface area contributed by atoms with Gasteiger partial charge in [0.05, 0.1) is 29.8 Å². The molecule has 1 aromatic carbocycles. The summed E-state index contributed by atoms with van der Waals surface area (Å²) in [6.45, 7) is 2.30. The first kappa shape index (κ1) is 16.5. The molecule has 0 unspecified atom stereocenters. The number of carbonyl (C=O) groups is 1. The molecule has 5 nitrogen and oxygen atoms in total. The molecule has 0 saturated carbocycles. The van der Waals surface area contributed by atoms with Crippen molar-refractivity contribution < 1.29 is 14.3 Å². The van der Waals surface area contributed by atoms with Crippen LogP contribution in [0.1, 0.15) is 6.42 Å². The van der Waals surface area contributed by atoms with Crippen LogP contribution in [0.3, 0.4) is 0 Å². The van der Waals surface area contributed by atoms with Crippen LogP contribution in [-0.2, 0) is 14.3 Å². The Labute approximate surface area is 134 Å². The average Bonchev–Trinajstić information content (AvgIpc) is 2.94. The van der Waals surface area contributed by atoms with E-state index >= 15 is 0 Å². The summed E-state index contributed by atoms with van der Waals surface area (Å²) in [6, 6.07) is 4.99. The fraction of sp³-hybridized carbons (Fsp3) is 0.500. The zero-order chi connectivity index (χ0) is 15.2. The molecule has 1 aliphatic rings.